The molecule has 0 fully saturated rings. The standard InChI is InChI=1S/C20H21N5O2/c1-13-6-5-7-15(10-13)14(2)11-22-19(26)20(27)24-17-12-23-25-18(17)16-8-3-4-9-21-16/h3-10,12,14H,11H2,1-2H3,(H,22,26)(H,23,25)(H,24,27)/t14-/m0/s1. The molecule has 3 aromatic rings. The molecule has 1 aromatic carbocycles. The van der Waals surface area contributed by atoms with E-state index in [-0.39, 0.29) is 5.92 Å². The van der Waals surface area contributed by atoms with Gasteiger partial charge < -0.3 is 10.6 Å². The molecule has 7 nitrogen and oxygen atoms in total. The SMILES string of the molecule is Cc1cccc([C@@H](C)CNC(=O)C(=O)Nc2cn[nH]c2-c2ccccn2)c1. The van der Waals surface area contributed by atoms with Gasteiger partial charge in [0.25, 0.3) is 0 Å². The van der Waals surface area contributed by atoms with Crippen molar-refractivity contribution < 1.29 is 9.59 Å². The van der Waals surface area contributed by atoms with Crippen LogP contribution in [0.2, 0.25) is 0 Å². The summed E-state index contributed by atoms with van der Waals surface area (Å²) in [5.74, 6) is -1.34. The summed E-state index contributed by atoms with van der Waals surface area (Å²) in [4.78, 5) is 28.6. The lowest BCUT2D eigenvalue weighted by molar-refractivity contribution is -0.136. The van der Waals surface area contributed by atoms with E-state index < -0.39 is 11.8 Å². The minimum absolute atomic E-state index is 0.0969. The van der Waals surface area contributed by atoms with Crippen LogP contribution in [0.15, 0.2) is 54.9 Å². The van der Waals surface area contributed by atoms with Crippen molar-refractivity contribution in [1.29, 1.82) is 0 Å². The number of aromatic amines is 1. The van der Waals surface area contributed by atoms with Crippen LogP contribution in [-0.2, 0) is 9.59 Å². The van der Waals surface area contributed by atoms with Gasteiger partial charge in [-0.3, -0.25) is 19.7 Å². The molecule has 138 valence electrons. The number of nitrogens with zero attached hydrogens (tertiary/aromatic N) is 2. The molecule has 2 aromatic heterocycles. The van der Waals surface area contributed by atoms with Crippen LogP contribution in [0.4, 0.5) is 5.69 Å². The van der Waals surface area contributed by atoms with Gasteiger partial charge >= 0.3 is 11.8 Å². The van der Waals surface area contributed by atoms with Gasteiger partial charge in [0.2, 0.25) is 0 Å². The van der Waals surface area contributed by atoms with Crippen molar-refractivity contribution >= 4 is 17.5 Å². The van der Waals surface area contributed by atoms with Crippen molar-refractivity contribution in [1.82, 2.24) is 20.5 Å². The molecule has 7 heteroatoms. The first-order valence-electron chi connectivity index (χ1n) is 8.65. The van der Waals surface area contributed by atoms with Crippen LogP contribution in [-0.4, -0.2) is 33.5 Å². The highest BCUT2D eigenvalue weighted by Crippen LogP contribution is 2.22. The molecule has 3 rings (SSSR count). The molecule has 0 aliphatic carbocycles. The van der Waals surface area contributed by atoms with Gasteiger partial charge in [-0.2, -0.15) is 5.10 Å². The summed E-state index contributed by atoms with van der Waals surface area (Å²) < 4.78 is 0. The first kappa shape index (κ1) is 18.3. The normalized spacial score (nSPS) is 11.6. The molecule has 0 saturated heterocycles. The highest BCUT2D eigenvalue weighted by atomic mass is 16.2. The number of anilines is 1. The van der Waals surface area contributed by atoms with Crippen LogP contribution in [0.3, 0.4) is 0 Å². The third-order valence-corrected chi connectivity index (χ3v) is 4.19. The van der Waals surface area contributed by atoms with E-state index in [0.717, 1.165) is 11.1 Å². The van der Waals surface area contributed by atoms with Gasteiger partial charge in [0.1, 0.15) is 5.69 Å². The Hall–Kier alpha value is -3.48. The Balaban J connectivity index is 1.59. The number of H-pyrrole nitrogens is 1. The highest BCUT2D eigenvalue weighted by molar-refractivity contribution is 6.39. The molecule has 0 bridgehead atoms. The summed E-state index contributed by atoms with van der Waals surface area (Å²) in [6.45, 7) is 4.39. The Kier molecular flexibility index (Phi) is 5.61. The number of aryl methyl sites for hydroxylation is 1. The topological polar surface area (TPSA) is 99.8 Å². The number of aromatic nitrogens is 3. The molecule has 1 atom stereocenters. The Labute approximate surface area is 157 Å². The summed E-state index contributed by atoms with van der Waals surface area (Å²) in [5, 5.41) is 12.0. The summed E-state index contributed by atoms with van der Waals surface area (Å²) >= 11 is 0. The van der Waals surface area contributed by atoms with Crippen molar-refractivity contribution in [2.45, 2.75) is 19.8 Å². The van der Waals surface area contributed by atoms with Gasteiger partial charge in [-0.1, -0.05) is 42.8 Å². The zero-order chi connectivity index (χ0) is 19.2. The zero-order valence-corrected chi connectivity index (χ0v) is 15.2. The van der Waals surface area contributed by atoms with Gasteiger partial charge in [0, 0.05) is 12.7 Å². The van der Waals surface area contributed by atoms with Crippen molar-refractivity contribution in [3.8, 4) is 11.4 Å². The molecular weight excluding hydrogens is 342 g/mol. The first-order valence-corrected chi connectivity index (χ1v) is 8.65. The molecule has 0 unspecified atom stereocenters. The maximum Gasteiger partial charge on any atom is 0.313 e. The quantitative estimate of drug-likeness (QED) is 0.607. The lowest BCUT2D eigenvalue weighted by Crippen LogP contribution is -2.37. The van der Waals surface area contributed by atoms with Gasteiger partial charge in [0.05, 0.1) is 17.6 Å². The predicted octanol–water partition coefficient (Wildman–Crippen LogP) is 2.64. The van der Waals surface area contributed by atoms with E-state index in [9.17, 15) is 9.59 Å². The summed E-state index contributed by atoms with van der Waals surface area (Å²) in [5.41, 5.74) is 3.85. The molecule has 2 heterocycles. The molecule has 0 spiro atoms. The maximum atomic E-state index is 12.2. The Morgan fingerprint density at radius 2 is 2.00 bits per heavy atom. The minimum atomic E-state index is -0.745. The number of pyridine rings is 1. The van der Waals surface area contributed by atoms with E-state index in [2.05, 4.69) is 31.9 Å². The highest BCUT2D eigenvalue weighted by Gasteiger charge is 2.18. The van der Waals surface area contributed by atoms with Gasteiger partial charge in [-0.25, -0.2) is 0 Å². The minimum Gasteiger partial charge on any atom is -0.347 e. The summed E-state index contributed by atoms with van der Waals surface area (Å²) in [6.07, 6.45) is 3.09. The zero-order valence-electron chi connectivity index (χ0n) is 15.2. The average Bonchev–Trinajstić information content (AvgIpc) is 3.14. The number of nitrogens with one attached hydrogen (secondary N) is 3. The van der Waals surface area contributed by atoms with Crippen molar-refractivity contribution in [2.24, 2.45) is 0 Å². The summed E-state index contributed by atoms with van der Waals surface area (Å²) in [7, 11) is 0. The van der Waals surface area contributed by atoms with E-state index in [1.54, 1.807) is 18.3 Å². The van der Waals surface area contributed by atoms with E-state index in [4.69, 9.17) is 0 Å². The number of benzene rings is 1. The number of carbonyl (C=O) groups excluding carboxylic acids is 2. The van der Waals surface area contributed by atoms with Crippen LogP contribution in [0.1, 0.15) is 24.0 Å². The Morgan fingerprint density at radius 3 is 2.74 bits per heavy atom. The molecule has 3 N–H and O–H groups in total. The second-order valence-electron chi connectivity index (χ2n) is 6.35. The van der Waals surface area contributed by atoms with E-state index >= 15 is 0 Å². The molecular formula is C20H21N5O2. The number of hydrogen-bond donors (Lipinski definition) is 3. The van der Waals surface area contributed by atoms with Gasteiger partial charge in [0.15, 0.2) is 0 Å². The summed E-state index contributed by atoms with van der Waals surface area (Å²) in [6, 6.07) is 13.5. The number of carbonyl (C=O) groups is 2. The van der Waals surface area contributed by atoms with Crippen LogP contribution in [0.5, 0.6) is 0 Å². The second-order valence-corrected chi connectivity index (χ2v) is 6.35. The predicted molar refractivity (Wildman–Crippen MR) is 103 cm³/mol. The van der Waals surface area contributed by atoms with E-state index in [1.807, 2.05) is 38.1 Å². The van der Waals surface area contributed by atoms with Crippen LogP contribution in [0.25, 0.3) is 11.4 Å². The molecule has 0 aliphatic heterocycles. The lowest BCUT2D eigenvalue weighted by Gasteiger charge is -2.13. The maximum absolute atomic E-state index is 12.2. The Morgan fingerprint density at radius 1 is 1.15 bits per heavy atom. The fourth-order valence-electron chi connectivity index (χ4n) is 2.69. The van der Waals surface area contributed by atoms with Gasteiger partial charge in [-0.15, -0.1) is 0 Å². The Bertz CT molecular complexity index is 936. The van der Waals surface area contributed by atoms with Crippen molar-refractivity contribution in [2.75, 3.05) is 11.9 Å². The smallest absolute Gasteiger partial charge is 0.313 e. The fourth-order valence-corrected chi connectivity index (χ4v) is 2.69. The largest absolute Gasteiger partial charge is 0.347 e. The van der Waals surface area contributed by atoms with Crippen molar-refractivity contribution in [3.05, 3.63) is 66.0 Å². The van der Waals surface area contributed by atoms with E-state index in [0.29, 0.717) is 23.6 Å². The molecule has 0 saturated carbocycles. The van der Waals surface area contributed by atoms with Crippen LogP contribution >= 0.6 is 0 Å². The number of rotatable bonds is 5. The van der Waals surface area contributed by atoms with Gasteiger partial charge in [-0.05, 0) is 30.5 Å². The fraction of sp³-hybridized carbons (Fsp3) is 0.200. The van der Waals surface area contributed by atoms with E-state index in [1.165, 1.54) is 6.20 Å². The average molecular weight is 363 g/mol. The monoisotopic (exact) mass is 363 g/mol. The first-order chi connectivity index (χ1) is 13.0. The molecule has 27 heavy (non-hydrogen) atoms. The second kappa shape index (κ2) is 8.27. The van der Waals surface area contributed by atoms with Crippen LogP contribution in [0, 0.1) is 6.92 Å². The number of hydrogen-bond acceptors (Lipinski definition) is 4. The molecule has 0 radical (unpaired) electrons. The number of amides is 2. The third-order valence-electron chi connectivity index (χ3n) is 4.19. The molecule has 2 amide bonds. The molecule has 0 aliphatic rings. The van der Waals surface area contributed by atoms with Crippen molar-refractivity contribution in [3.63, 3.8) is 0 Å². The lowest BCUT2D eigenvalue weighted by atomic mass is 9.99. The van der Waals surface area contributed by atoms with Crippen LogP contribution < -0.4 is 10.6 Å². The third kappa shape index (κ3) is 4.58.